The van der Waals surface area contributed by atoms with Crippen molar-refractivity contribution in [3.8, 4) is 0 Å². The molecule has 0 bridgehead atoms. The summed E-state index contributed by atoms with van der Waals surface area (Å²) < 4.78 is 49.8. The summed E-state index contributed by atoms with van der Waals surface area (Å²) in [6.07, 6.45) is -6.54. The standard InChI is InChI=1S/C15H19F3N2O4/c1-3-23-12(21)14(15(16,17)18,20-13(22)24-4-2)19-10-11-8-6-5-7-9-11/h5-9,19H,3-4,10H2,1-2H3,(H,20,22). The van der Waals surface area contributed by atoms with Crippen molar-refractivity contribution in [3.63, 3.8) is 0 Å². The van der Waals surface area contributed by atoms with Crippen molar-refractivity contribution >= 4 is 12.1 Å². The lowest BCUT2D eigenvalue weighted by molar-refractivity contribution is -0.219. The van der Waals surface area contributed by atoms with Crippen LogP contribution in [0.25, 0.3) is 0 Å². The van der Waals surface area contributed by atoms with E-state index in [1.807, 2.05) is 0 Å². The first-order valence-electron chi connectivity index (χ1n) is 7.24. The molecule has 0 saturated heterocycles. The first-order chi connectivity index (χ1) is 11.3. The Morgan fingerprint density at radius 3 is 2.12 bits per heavy atom. The molecule has 0 fully saturated rings. The Morgan fingerprint density at radius 2 is 1.62 bits per heavy atom. The highest BCUT2D eigenvalue weighted by atomic mass is 19.4. The third-order valence-electron chi connectivity index (χ3n) is 2.97. The fraction of sp³-hybridized carbons (Fsp3) is 0.467. The molecule has 1 unspecified atom stereocenters. The minimum atomic E-state index is -5.15. The predicted octanol–water partition coefficient (Wildman–Crippen LogP) is 2.34. The summed E-state index contributed by atoms with van der Waals surface area (Å²) in [5.74, 6) is -1.67. The molecule has 0 aliphatic heterocycles. The van der Waals surface area contributed by atoms with E-state index < -0.39 is 23.9 Å². The van der Waals surface area contributed by atoms with E-state index in [0.29, 0.717) is 5.56 Å². The number of halogens is 3. The van der Waals surface area contributed by atoms with Gasteiger partial charge in [-0.05, 0) is 19.4 Å². The second-order valence-electron chi connectivity index (χ2n) is 4.65. The van der Waals surface area contributed by atoms with Gasteiger partial charge in [-0.3, -0.25) is 10.6 Å². The highest BCUT2D eigenvalue weighted by Gasteiger charge is 2.63. The number of nitrogens with one attached hydrogen (secondary N) is 2. The first kappa shape index (κ1) is 19.8. The number of rotatable bonds is 7. The van der Waals surface area contributed by atoms with E-state index in [1.54, 1.807) is 35.6 Å². The summed E-state index contributed by atoms with van der Waals surface area (Å²) in [6, 6.07) is 8.11. The molecule has 9 heteroatoms. The van der Waals surface area contributed by atoms with Crippen LogP contribution < -0.4 is 10.6 Å². The highest BCUT2D eigenvalue weighted by Crippen LogP contribution is 2.30. The lowest BCUT2D eigenvalue weighted by Gasteiger charge is -2.34. The van der Waals surface area contributed by atoms with Crippen LogP contribution in [0, 0.1) is 0 Å². The topological polar surface area (TPSA) is 76.7 Å². The van der Waals surface area contributed by atoms with Crippen molar-refractivity contribution < 1.29 is 32.2 Å². The number of benzene rings is 1. The molecular formula is C15H19F3N2O4. The van der Waals surface area contributed by atoms with Crippen LogP contribution in [0.15, 0.2) is 30.3 Å². The summed E-state index contributed by atoms with van der Waals surface area (Å²) in [6.45, 7) is 2.03. The molecule has 0 saturated carbocycles. The number of hydrogen-bond acceptors (Lipinski definition) is 5. The molecule has 6 nitrogen and oxygen atoms in total. The minimum Gasteiger partial charge on any atom is -0.463 e. The fourth-order valence-corrected chi connectivity index (χ4v) is 1.84. The molecule has 0 spiro atoms. The van der Waals surface area contributed by atoms with Crippen LogP contribution in [0.2, 0.25) is 0 Å². The van der Waals surface area contributed by atoms with E-state index in [9.17, 15) is 22.8 Å². The molecule has 0 aliphatic rings. The zero-order chi connectivity index (χ0) is 18.2. The van der Waals surface area contributed by atoms with Crippen LogP contribution >= 0.6 is 0 Å². The number of hydrogen-bond donors (Lipinski definition) is 2. The molecule has 0 aromatic heterocycles. The number of carbonyl (C=O) groups is 2. The van der Waals surface area contributed by atoms with E-state index in [2.05, 4.69) is 14.8 Å². The quantitative estimate of drug-likeness (QED) is 0.584. The molecule has 1 atom stereocenters. The van der Waals surface area contributed by atoms with Crippen LogP contribution in [0.5, 0.6) is 0 Å². The normalized spacial score (nSPS) is 13.7. The van der Waals surface area contributed by atoms with Gasteiger partial charge in [0.2, 0.25) is 0 Å². The smallest absolute Gasteiger partial charge is 0.436 e. The van der Waals surface area contributed by atoms with Gasteiger partial charge >= 0.3 is 18.2 Å². The van der Waals surface area contributed by atoms with E-state index in [-0.39, 0.29) is 19.8 Å². The molecule has 2 N–H and O–H groups in total. The number of ether oxygens (including phenoxy) is 2. The van der Waals surface area contributed by atoms with Crippen LogP contribution in [0.3, 0.4) is 0 Å². The largest absolute Gasteiger partial charge is 0.463 e. The second-order valence-corrected chi connectivity index (χ2v) is 4.65. The monoisotopic (exact) mass is 348 g/mol. The van der Waals surface area contributed by atoms with Gasteiger partial charge in [-0.1, -0.05) is 30.3 Å². The maximum absolute atomic E-state index is 13.6. The van der Waals surface area contributed by atoms with E-state index in [4.69, 9.17) is 0 Å². The SMILES string of the molecule is CCOC(=O)NC(NCc1ccccc1)(C(=O)OCC)C(F)(F)F. The van der Waals surface area contributed by atoms with Gasteiger partial charge in [0.25, 0.3) is 5.66 Å². The lowest BCUT2D eigenvalue weighted by Crippen LogP contribution is -2.72. The molecular weight excluding hydrogens is 329 g/mol. The third kappa shape index (κ3) is 4.85. The third-order valence-corrected chi connectivity index (χ3v) is 2.97. The molecule has 134 valence electrons. The molecule has 0 heterocycles. The molecule has 1 aromatic carbocycles. The predicted molar refractivity (Wildman–Crippen MR) is 78.9 cm³/mol. The van der Waals surface area contributed by atoms with E-state index >= 15 is 0 Å². The van der Waals surface area contributed by atoms with Crippen LogP contribution in [-0.2, 0) is 20.8 Å². The summed E-state index contributed by atoms with van der Waals surface area (Å²) in [4.78, 5) is 23.5. The van der Waals surface area contributed by atoms with Gasteiger partial charge in [0.1, 0.15) is 0 Å². The number of alkyl halides is 3. The molecule has 0 radical (unpaired) electrons. The van der Waals surface area contributed by atoms with Crippen LogP contribution in [0.1, 0.15) is 19.4 Å². The van der Waals surface area contributed by atoms with E-state index in [1.165, 1.54) is 13.8 Å². The molecule has 1 amide bonds. The summed E-state index contributed by atoms with van der Waals surface area (Å²) in [7, 11) is 0. The average molecular weight is 348 g/mol. The minimum absolute atomic E-state index is 0.152. The Kier molecular flexibility index (Phi) is 7.02. The van der Waals surface area contributed by atoms with Crippen molar-refractivity contribution in [2.45, 2.75) is 32.2 Å². The van der Waals surface area contributed by atoms with Crippen molar-refractivity contribution in [1.82, 2.24) is 10.6 Å². The van der Waals surface area contributed by atoms with Crippen molar-refractivity contribution in [1.29, 1.82) is 0 Å². The second kappa shape index (κ2) is 8.53. The highest BCUT2D eigenvalue weighted by molar-refractivity contribution is 5.86. The molecule has 0 aliphatic carbocycles. The molecule has 1 aromatic rings. The van der Waals surface area contributed by atoms with Gasteiger partial charge < -0.3 is 9.47 Å². The maximum atomic E-state index is 13.6. The molecule has 24 heavy (non-hydrogen) atoms. The van der Waals surface area contributed by atoms with Crippen molar-refractivity contribution in [3.05, 3.63) is 35.9 Å². The van der Waals surface area contributed by atoms with E-state index in [0.717, 1.165) is 0 Å². The summed E-state index contributed by atoms with van der Waals surface area (Å²) >= 11 is 0. The zero-order valence-electron chi connectivity index (χ0n) is 13.3. The van der Waals surface area contributed by atoms with Crippen molar-refractivity contribution in [2.24, 2.45) is 0 Å². The van der Waals surface area contributed by atoms with Gasteiger partial charge in [0.15, 0.2) is 0 Å². The Hall–Kier alpha value is -2.29. The number of amides is 1. The average Bonchev–Trinajstić information content (AvgIpc) is 2.51. The first-order valence-corrected chi connectivity index (χ1v) is 7.24. The van der Waals surface area contributed by atoms with Gasteiger partial charge in [-0.2, -0.15) is 13.2 Å². The van der Waals surface area contributed by atoms with Gasteiger partial charge in [-0.25, -0.2) is 9.59 Å². The summed E-state index contributed by atoms with van der Waals surface area (Å²) in [5.41, 5.74) is -2.92. The van der Waals surface area contributed by atoms with Crippen LogP contribution in [0.4, 0.5) is 18.0 Å². The van der Waals surface area contributed by atoms with Crippen LogP contribution in [-0.4, -0.2) is 37.1 Å². The summed E-state index contributed by atoms with van der Waals surface area (Å²) in [5, 5.41) is 3.61. The van der Waals surface area contributed by atoms with Gasteiger partial charge in [-0.15, -0.1) is 0 Å². The number of esters is 1. The molecule has 1 rings (SSSR count). The number of alkyl carbamates (subject to hydrolysis) is 1. The van der Waals surface area contributed by atoms with Crippen molar-refractivity contribution in [2.75, 3.05) is 13.2 Å². The van der Waals surface area contributed by atoms with Gasteiger partial charge in [0.05, 0.1) is 13.2 Å². The lowest BCUT2D eigenvalue weighted by atomic mass is 10.1. The fourth-order valence-electron chi connectivity index (χ4n) is 1.84. The Morgan fingerprint density at radius 1 is 1.04 bits per heavy atom. The van der Waals surface area contributed by atoms with Gasteiger partial charge in [0, 0.05) is 6.54 Å². The Labute approximate surface area is 137 Å². The Balaban J connectivity index is 3.13. The number of carbonyl (C=O) groups excluding carboxylic acids is 2. The Bertz CT molecular complexity index is 551. The zero-order valence-corrected chi connectivity index (χ0v) is 13.3. The maximum Gasteiger partial charge on any atom is 0.436 e.